The van der Waals surface area contributed by atoms with Crippen molar-refractivity contribution in [2.24, 2.45) is 5.92 Å². The molecule has 3 aromatic rings. The van der Waals surface area contributed by atoms with Crippen LogP contribution in [0, 0.1) is 5.92 Å². The van der Waals surface area contributed by atoms with Crippen LogP contribution in [0.3, 0.4) is 0 Å². The second kappa shape index (κ2) is 14.4. The number of nitrogens with zero attached hydrogens (tertiary/aromatic N) is 2. The van der Waals surface area contributed by atoms with Gasteiger partial charge in [-0.3, -0.25) is 14.5 Å². The minimum absolute atomic E-state index is 0.00710. The van der Waals surface area contributed by atoms with E-state index in [0.29, 0.717) is 49.4 Å². The van der Waals surface area contributed by atoms with Gasteiger partial charge < -0.3 is 30.3 Å². The molecule has 0 bridgehead atoms. The first-order chi connectivity index (χ1) is 21.8. The number of fused-ring (bicyclic) bond motifs is 2. The molecular weight excluding hydrogens is 570 g/mol. The SMILES string of the molecule is CCOc1ccc2c(c1)CC(NCCCCO)C(=O)N2c1cccc(CN2C(=O)[C@](O)([C@H](C)/C=C/CCO)c3ccccc32)c1. The van der Waals surface area contributed by atoms with Crippen LogP contribution in [0.2, 0.25) is 0 Å². The van der Waals surface area contributed by atoms with Gasteiger partial charge in [-0.1, -0.05) is 49.4 Å². The predicted octanol–water partition coefficient (Wildman–Crippen LogP) is 4.35. The molecule has 9 heteroatoms. The maximum absolute atomic E-state index is 14.0. The van der Waals surface area contributed by atoms with Crippen molar-refractivity contribution in [3.63, 3.8) is 0 Å². The van der Waals surface area contributed by atoms with Crippen LogP contribution >= 0.6 is 0 Å². The number of carbonyl (C=O) groups excluding carboxylic acids is 2. The van der Waals surface area contributed by atoms with Crippen molar-refractivity contribution in [3.05, 3.63) is 95.6 Å². The maximum Gasteiger partial charge on any atom is 0.264 e. The van der Waals surface area contributed by atoms with Gasteiger partial charge in [0.25, 0.3) is 5.91 Å². The van der Waals surface area contributed by atoms with E-state index in [1.54, 1.807) is 34.9 Å². The van der Waals surface area contributed by atoms with Crippen LogP contribution in [0.1, 0.15) is 49.8 Å². The molecule has 1 unspecified atom stereocenters. The average molecular weight is 614 g/mol. The lowest BCUT2D eigenvalue weighted by Crippen LogP contribution is -2.49. The first-order valence-electron chi connectivity index (χ1n) is 15.8. The summed E-state index contributed by atoms with van der Waals surface area (Å²) in [6.45, 7) is 5.20. The highest BCUT2D eigenvalue weighted by Crippen LogP contribution is 2.46. The van der Waals surface area contributed by atoms with Crippen LogP contribution in [-0.4, -0.2) is 59.5 Å². The van der Waals surface area contributed by atoms with E-state index in [0.717, 1.165) is 29.0 Å². The van der Waals surface area contributed by atoms with E-state index in [1.807, 2.05) is 67.6 Å². The van der Waals surface area contributed by atoms with Gasteiger partial charge in [0, 0.05) is 30.4 Å². The zero-order valence-corrected chi connectivity index (χ0v) is 26.0. The molecule has 2 aliphatic heterocycles. The number of para-hydroxylation sites is 1. The van der Waals surface area contributed by atoms with Crippen LogP contribution in [0.25, 0.3) is 0 Å². The van der Waals surface area contributed by atoms with Crippen molar-refractivity contribution in [3.8, 4) is 5.75 Å². The van der Waals surface area contributed by atoms with Crippen molar-refractivity contribution >= 4 is 28.9 Å². The third-order valence-corrected chi connectivity index (χ3v) is 8.59. The van der Waals surface area contributed by atoms with Crippen molar-refractivity contribution < 1.29 is 29.6 Å². The molecule has 0 aromatic heterocycles. The van der Waals surface area contributed by atoms with Crippen LogP contribution < -0.4 is 19.9 Å². The Labute approximate surface area is 264 Å². The minimum Gasteiger partial charge on any atom is -0.494 e. The standard InChI is InChI=1S/C36H43N3O6/c1-3-45-29-16-17-32-27(22-29)23-31(37-18-7-9-20-41)34(42)39(32)28-13-10-12-26(21-28)24-38-33-15-5-4-14-30(33)36(44,35(38)43)25(2)11-6-8-19-40/h4-6,10-17,21-22,25,31,37,40-41,44H,3,7-9,18-20,23-24H2,1-2H3/b11-6+/t25-,31?,36+/m1/s1. The van der Waals surface area contributed by atoms with E-state index in [-0.39, 0.29) is 25.7 Å². The van der Waals surface area contributed by atoms with E-state index in [4.69, 9.17) is 4.74 Å². The summed E-state index contributed by atoms with van der Waals surface area (Å²) in [6, 6.07) is 20.2. The number of aliphatic hydroxyl groups excluding tert-OH is 2. The highest BCUT2D eigenvalue weighted by molar-refractivity contribution is 6.08. The number of unbranched alkanes of at least 4 members (excludes halogenated alkanes) is 1. The number of carbonyl (C=O) groups is 2. The third kappa shape index (κ3) is 6.53. The Balaban J connectivity index is 1.46. The molecule has 0 spiro atoms. The van der Waals surface area contributed by atoms with E-state index in [9.17, 15) is 24.9 Å². The molecule has 5 rings (SSSR count). The first-order valence-corrected chi connectivity index (χ1v) is 15.8. The Morgan fingerprint density at radius 1 is 1.02 bits per heavy atom. The monoisotopic (exact) mass is 613 g/mol. The number of rotatable bonds is 14. The van der Waals surface area contributed by atoms with Crippen LogP contribution in [0.4, 0.5) is 17.1 Å². The summed E-state index contributed by atoms with van der Waals surface area (Å²) in [5.74, 6) is -0.254. The smallest absolute Gasteiger partial charge is 0.264 e. The molecule has 3 atom stereocenters. The normalized spacial score (nSPS) is 20.1. The van der Waals surface area contributed by atoms with Gasteiger partial charge in [0.05, 0.1) is 30.6 Å². The largest absolute Gasteiger partial charge is 0.494 e. The molecule has 2 aliphatic rings. The number of anilines is 3. The number of aliphatic hydroxyl groups is 3. The maximum atomic E-state index is 14.0. The number of hydrogen-bond acceptors (Lipinski definition) is 7. The summed E-state index contributed by atoms with van der Waals surface area (Å²) in [5, 5.41) is 33.6. The molecule has 2 heterocycles. The molecule has 2 amide bonds. The second-order valence-electron chi connectivity index (χ2n) is 11.6. The summed E-state index contributed by atoms with van der Waals surface area (Å²) in [6.07, 6.45) is 5.94. The summed E-state index contributed by atoms with van der Waals surface area (Å²) in [4.78, 5) is 31.2. The minimum atomic E-state index is -1.74. The van der Waals surface area contributed by atoms with E-state index in [1.165, 1.54) is 0 Å². The fourth-order valence-electron chi connectivity index (χ4n) is 6.27. The van der Waals surface area contributed by atoms with Gasteiger partial charge in [0.2, 0.25) is 5.91 Å². The van der Waals surface area contributed by atoms with Crippen molar-refractivity contribution in [1.29, 1.82) is 0 Å². The molecule has 9 nitrogen and oxygen atoms in total. The molecule has 45 heavy (non-hydrogen) atoms. The number of benzene rings is 3. The molecule has 0 saturated carbocycles. The number of ether oxygens (including phenoxy) is 1. The average Bonchev–Trinajstić information content (AvgIpc) is 3.26. The topological polar surface area (TPSA) is 123 Å². The van der Waals surface area contributed by atoms with Crippen molar-refractivity contribution in [1.82, 2.24) is 5.32 Å². The van der Waals surface area contributed by atoms with Gasteiger partial charge in [0.15, 0.2) is 5.60 Å². The highest BCUT2D eigenvalue weighted by atomic mass is 16.5. The fourth-order valence-corrected chi connectivity index (χ4v) is 6.27. The van der Waals surface area contributed by atoms with Gasteiger partial charge in [-0.25, -0.2) is 0 Å². The lowest BCUT2D eigenvalue weighted by molar-refractivity contribution is -0.139. The van der Waals surface area contributed by atoms with E-state index in [2.05, 4.69) is 5.32 Å². The zero-order chi connectivity index (χ0) is 32.0. The molecular formula is C36H43N3O6. The Hall–Kier alpha value is -4.02. The summed E-state index contributed by atoms with van der Waals surface area (Å²) in [7, 11) is 0. The van der Waals surface area contributed by atoms with E-state index < -0.39 is 23.5 Å². The van der Waals surface area contributed by atoms with Crippen molar-refractivity contribution in [2.75, 3.05) is 36.2 Å². The van der Waals surface area contributed by atoms with Gasteiger partial charge in [-0.2, -0.15) is 0 Å². The molecule has 0 aliphatic carbocycles. The summed E-state index contributed by atoms with van der Waals surface area (Å²) in [5.41, 5.74) is 2.72. The van der Waals surface area contributed by atoms with Crippen LogP contribution in [-0.2, 0) is 28.2 Å². The third-order valence-electron chi connectivity index (χ3n) is 8.59. The van der Waals surface area contributed by atoms with E-state index >= 15 is 0 Å². The highest BCUT2D eigenvalue weighted by Gasteiger charge is 2.52. The van der Waals surface area contributed by atoms with Gasteiger partial charge in [0.1, 0.15) is 5.75 Å². The molecule has 238 valence electrons. The lowest BCUT2D eigenvalue weighted by atomic mass is 9.83. The lowest BCUT2D eigenvalue weighted by Gasteiger charge is -2.35. The Kier molecular flexibility index (Phi) is 10.4. The number of amides is 2. The van der Waals surface area contributed by atoms with Crippen LogP contribution in [0.5, 0.6) is 5.75 Å². The molecule has 0 radical (unpaired) electrons. The fraction of sp³-hybridized carbons (Fsp3) is 0.389. The van der Waals surface area contributed by atoms with Crippen molar-refractivity contribution in [2.45, 2.75) is 57.7 Å². The molecule has 0 fully saturated rings. The Bertz CT molecular complexity index is 1540. The first kappa shape index (κ1) is 32.4. The van der Waals surface area contributed by atoms with Gasteiger partial charge in [-0.15, -0.1) is 0 Å². The van der Waals surface area contributed by atoms with Gasteiger partial charge in [-0.05, 0) is 86.7 Å². The summed E-state index contributed by atoms with van der Waals surface area (Å²) < 4.78 is 5.76. The number of hydrogen-bond donors (Lipinski definition) is 4. The molecule has 4 N–H and O–H groups in total. The second-order valence-corrected chi connectivity index (χ2v) is 11.6. The Morgan fingerprint density at radius 3 is 2.62 bits per heavy atom. The van der Waals surface area contributed by atoms with Gasteiger partial charge >= 0.3 is 0 Å². The molecule has 3 aromatic carbocycles. The number of nitrogens with one attached hydrogen (secondary N) is 1. The zero-order valence-electron chi connectivity index (χ0n) is 26.0. The Morgan fingerprint density at radius 2 is 1.84 bits per heavy atom. The molecule has 0 saturated heterocycles. The van der Waals surface area contributed by atoms with Crippen LogP contribution in [0.15, 0.2) is 78.9 Å². The quantitative estimate of drug-likeness (QED) is 0.158. The summed E-state index contributed by atoms with van der Waals surface area (Å²) >= 11 is 0. The predicted molar refractivity (Wildman–Crippen MR) is 175 cm³/mol.